The number of ether oxygens (including phenoxy) is 1. The summed E-state index contributed by atoms with van der Waals surface area (Å²) < 4.78 is 23.1. The van der Waals surface area contributed by atoms with Crippen molar-refractivity contribution < 1.29 is 14.0 Å². The monoisotopic (exact) mass is 388 g/mol. The smallest absolute Gasteiger partial charge is 0.198 e. The Bertz CT molecular complexity index is 980. The number of halogens is 1. The Morgan fingerprint density at radius 1 is 1.36 bits per heavy atom. The molecule has 0 aliphatic carbocycles. The van der Waals surface area contributed by atoms with Crippen molar-refractivity contribution in [2.45, 2.75) is 19.9 Å². The summed E-state index contributed by atoms with van der Waals surface area (Å²) in [6.07, 6.45) is 3.15. The third-order valence-corrected chi connectivity index (χ3v) is 5.38. The van der Waals surface area contributed by atoms with E-state index in [2.05, 4.69) is 17.1 Å². The van der Waals surface area contributed by atoms with Crippen LogP contribution in [0.3, 0.4) is 0 Å². The van der Waals surface area contributed by atoms with Crippen molar-refractivity contribution in [2.75, 3.05) is 51.3 Å². The number of anilines is 1. The summed E-state index contributed by atoms with van der Waals surface area (Å²) in [6, 6.07) is 1.35. The molecule has 1 atom stereocenters. The second kappa shape index (κ2) is 7.43. The van der Waals surface area contributed by atoms with Crippen LogP contribution in [-0.2, 0) is 4.84 Å². The Hall–Kier alpha value is -2.61. The van der Waals surface area contributed by atoms with Gasteiger partial charge in [0, 0.05) is 32.4 Å². The van der Waals surface area contributed by atoms with Gasteiger partial charge in [0.15, 0.2) is 17.0 Å². The van der Waals surface area contributed by atoms with Gasteiger partial charge >= 0.3 is 0 Å². The van der Waals surface area contributed by atoms with Gasteiger partial charge in [-0.1, -0.05) is 5.16 Å². The number of oxime groups is 1. The third kappa shape index (κ3) is 3.11. The molecule has 8 heteroatoms. The highest BCUT2D eigenvalue weighted by molar-refractivity contribution is 5.95. The quantitative estimate of drug-likeness (QED) is 0.594. The molecule has 2 aliphatic rings. The van der Waals surface area contributed by atoms with Crippen LogP contribution in [0.1, 0.15) is 25.5 Å². The van der Waals surface area contributed by atoms with Gasteiger partial charge in [-0.3, -0.25) is 4.79 Å². The summed E-state index contributed by atoms with van der Waals surface area (Å²) in [5.74, 6) is 0.0344. The fourth-order valence-corrected chi connectivity index (χ4v) is 3.82. The van der Waals surface area contributed by atoms with E-state index < -0.39 is 5.82 Å². The number of hydrogen-bond acceptors (Lipinski definition) is 6. The van der Waals surface area contributed by atoms with Crippen molar-refractivity contribution in [1.82, 2.24) is 9.47 Å². The Kier molecular flexibility index (Phi) is 4.97. The van der Waals surface area contributed by atoms with E-state index in [-0.39, 0.29) is 11.5 Å². The molecule has 1 aromatic carbocycles. The lowest BCUT2D eigenvalue weighted by Crippen LogP contribution is -2.45. The van der Waals surface area contributed by atoms with Gasteiger partial charge in [0.1, 0.15) is 18.9 Å². The van der Waals surface area contributed by atoms with Crippen molar-refractivity contribution >= 4 is 22.8 Å². The number of benzene rings is 1. The van der Waals surface area contributed by atoms with Crippen LogP contribution in [0.4, 0.5) is 10.1 Å². The Morgan fingerprint density at radius 3 is 2.82 bits per heavy atom. The molecule has 1 unspecified atom stereocenters. The molecule has 0 radical (unpaired) electrons. The molecule has 3 heterocycles. The predicted octanol–water partition coefficient (Wildman–Crippen LogP) is 2.22. The SMILES string of the molecule is CCON=Cc1cn2c3c(c(N4CCN(C)CC4)c(F)cc3c1=O)OCC2C. The fourth-order valence-electron chi connectivity index (χ4n) is 3.82. The van der Waals surface area contributed by atoms with E-state index in [1.807, 2.05) is 23.3 Å². The van der Waals surface area contributed by atoms with E-state index in [4.69, 9.17) is 9.57 Å². The molecule has 0 bridgehead atoms. The predicted molar refractivity (Wildman–Crippen MR) is 107 cm³/mol. The average Bonchev–Trinajstić information content (AvgIpc) is 2.68. The molecular formula is C20H25FN4O3. The maximum atomic E-state index is 15.2. The summed E-state index contributed by atoms with van der Waals surface area (Å²) in [6.45, 7) is 7.79. The van der Waals surface area contributed by atoms with Crippen LogP contribution >= 0.6 is 0 Å². The Morgan fingerprint density at radius 2 is 2.11 bits per heavy atom. The highest BCUT2D eigenvalue weighted by Gasteiger charge is 2.29. The topological polar surface area (TPSA) is 59.3 Å². The summed E-state index contributed by atoms with van der Waals surface area (Å²) in [5, 5.41) is 4.12. The number of hydrogen-bond donors (Lipinski definition) is 0. The normalized spacial score (nSPS) is 20.0. The number of nitrogens with zero attached hydrogens (tertiary/aromatic N) is 4. The lowest BCUT2D eigenvalue weighted by molar-refractivity contribution is 0.160. The zero-order chi connectivity index (χ0) is 19.8. The lowest BCUT2D eigenvalue weighted by atomic mass is 10.1. The minimum absolute atomic E-state index is 0.0145. The van der Waals surface area contributed by atoms with Crippen LogP contribution in [0, 0.1) is 5.82 Å². The number of likely N-dealkylation sites (N-methyl/N-ethyl adjacent to an activating group) is 1. The van der Waals surface area contributed by atoms with Crippen molar-refractivity contribution in [3.05, 3.63) is 33.9 Å². The van der Waals surface area contributed by atoms with Gasteiger partial charge in [0.25, 0.3) is 0 Å². The van der Waals surface area contributed by atoms with E-state index in [0.29, 0.717) is 54.2 Å². The number of piperazine rings is 1. The minimum atomic E-state index is -0.427. The van der Waals surface area contributed by atoms with Gasteiger partial charge in [0.2, 0.25) is 0 Å². The second-order valence-corrected chi connectivity index (χ2v) is 7.36. The van der Waals surface area contributed by atoms with Crippen molar-refractivity contribution in [3.63, 3.8) is 0 Å². The third-order valence-electron chi connectivity index (χ3n) is 5.38. The maximum absolute atomic E-state index is 15.2. The number of pyridine rings is 1. The average molecular weight is 388 g/mol. The van der Waals surface area contributed by atoms with Crippen LogP contribution in [0.2, 0.25) is 0 Å². The van der Waals surface area contributed by atoms with Gasteiger partial charge in [-0.2, -0.15) is 0 Å². The molecular weight excluding hydrogens is 363 g/mol. The van der Waals surface area contributed by atoms with Crippen LogP contribution in [-0.4, -0.2) is 62.1 Å². The van der Waals surface area contributed by atoms with E-state index in [9.17, 15) is 4.79 Å². The minimum Gasteiger partial charge on any atom is -0.487 e. The van der Waals surface area contributed by atoms with Gasteiger partial charge in [-0.05, 0) is 27.0 Å². The molecule has 1 fully saturated rings. The summed E-state index contributed by atoms with van der Waals surface area (Å²) in [7, 11) is 2.05. The second-order valence-electron chi connectivity index (χ2n) is 7.36. The number of aromatic nitrogens is 1. The highest BCUT2D eigenvalue weighted by atomic mass is 19.1. The highest BCUT2D eigenvalue weighted by Crippen LogP contribution is 2.41. The molecule has 150 valence electrons. The van der Waals surface area contributed by atoms with Crippen molar-refractivity contribution in [3.8, 4) is 5.75 Å². The molecule has 1 aromatic heterocycles. The largest absolute Gasteiger partial charge is 0.487 e. The first-order chi connectivity index (χ1) is 13.5. The summed E-state index contributed by atoms with van der Waals surface area (Å²) in [4.78, 5) is 22.2. The molecule has 0 N–H and O–H groups in total. The molecule has 0 saturated carbocycles. The Labute approximate surface area is 162 Å². The molecule has 0 spiro atoms. The molecule has 1 saturated heterocycles. The molecule has 4 rings (SSSR count). The summed E-state index contributed by atoms with van der Waals surface area (Å²) >= 11 is 0. The molecule has 7 nitrogen and oxygen atoms in total. The van der Waals surface area contributed by atoms with Crippen LogP contribution < -0.4 is 15.1 Å². The first kappa shape index (κ1) is 18.7. The zero-order valence-electron chi connectivity index (χ0n) is 16.4. The van der Waals surface area contributed by atoms with E-state index >= 15 is 4.39 Å². The molecule has 2 aromatic rings. The van der Waals surface area contributed by atoms with E-state index in [1.54, 1.807) is 6.20 Å². The van der Waals surface area contributed by atoms with Crippen molar-refractivity contribution in [2.24, 2.45) is 5.16 Å². The van der Waals surface area contributed by atoms with Gasteiger partial charge in [-0.25, -0.2) is 4.39 Å². The fraction of sp³-hybridized carbons (Fsp3) is 0.500. The van der Waals surface area contributed by atoms with Crippen LogP contribution in [0.25, 0.3) is 10.9 Å². The first-order valence-electron chi connectivity index (χ1n) is 9.64. The van der Waals surface area contributed by atoms with Crippen LogP contribution in [0.5, 0.6) is 5.75 Å². The molecule has 28 heavy (non-hydrogen) atoms. The summed E-state index contributed by atoms with van der Waals surface area (Å²) in [5.41, 5.74) is 1.19. The maximum Gasteiger partial charge on any atom is 0.198 e. The van der Waals surface area contributed by atoms with Gasteiger partial charge in [-0.15, -0.1) is 0 Å². The number of rotatable bonds is 4. The standard InChI is InChI=1S/C20H25FN4O3/c1-4-28-22-10-14-11-25-13(2)12-27-20-17(25)15(19(14)26)9-16(21)18(20)24-7-5-23(3)6-8-24/h9-11,13H,4-8,12H2,1-3H3. The van der Waals surface area contributed by atoms with E-state index in [0.717, 1.165) is 13.1 Å². The van der Waals surface area contributed by atoms with Crippen molar-refractivity contribution in [1.29, 1.82) is 0 Å². The zero-order valence-corrected chi connectivity index (χ0v) is 16.4. The van der Waals surface area contributed by atoms with Gasteiger partial charge < -0.3 is 23.9 Å². The van der Waals surface area contributed by atoms with Gasteiger partial charge in [0.05, 0.1) is 28.7 Å². The lowest BCUT2D eigenvalue weighted by Gasteiger charge is -2.37. The molecule has 0 amide bonds. The van der Waals surface area contributed by atoms with Crippen LogP contribution in [0.15, 0.2) is 22.2 Å². The Balaban J connectivity index is 1.91. The molecule has 2 aliphatic heterocycles. The first-order valence-corrected chi connectivity index (χ1v) is 9.64. The van der Waals surface area contributed by atoms with E-state index in [1.165, 1.54) is 12.3 Å².